The Morgan fingerprint density at radius 2 is 2.38 bits per heavy atom. The first kappa shape index (κ1) is 9.85. The van der Waals surface area contributed by atoms with Crippen LogP contribution in [-0.2, 0) is 11.3 Å². The topological polar surface area (TPSA) is 89.6 Å². The minimum atomic E-state index is -0.660. The lowest BCUT2D eigenvalue weighted by Crippen LogP contribution is -2.35. The Hall–Kier alpha value is -1.24. The van der Waals surface area contributed by atoms with E-state index >= 15 is 0 Å². The number of hydrogen-bond donors (Lipinski definition) is 2. The molecule has 0 saturated carbocycles. The number of nitrogens with zero attached hydrogens (tertiary/aromatic N) is 3. The highest BCUT2D eigenvalue weighted by Crippen LogP contribution is 2.16. The lowest BCUT2D eigenvalue weighted by molar-refractivity contribution is -0.126. The molecule has 1 amide bonds. The van der Waals surface area contributed by atoms with E-state index in [-0.39, 0.29) is 5.91 Å². The monoisotopic (exact) mass is 201 g/mol. The van der Waals surface area contributed by atoms with E-state index in [9.17, 15) is 4.79 Å². The summed E-state index contributed by atoms with van der Waals surface area (Å²) in [5.41, 5.74) is 4.54. The van der Waals surface area contributed by atoms with E-state index in [0.717, 1.165) is 0 Å². The van der Waals surface area contributed by atoms with Gasteiger partial charge in [0.25, 0.3) is 0 Å². The maximum absolute atomic E-state index is 11.0. The summed E-state index contributed by atoms with van der Waals surface area (Å²) in [5.74, 6) is -0.385. The second kappa shape index (κ2) is 3.25. The summed E-state index contributed by atoms with van der Waals surface area (Å²) in [6, 6.07) is 0. The van der Waals surface area contributed by atoms with Gasteiger partial charge in [0, 0.05) is 0 Å². The highest BCUT2D eigenvalue weighted by Gasteiger charge is 2.26. The molecule has 13 heavy (non-hydrogen) atoms. The fourth-order valence-electron chi connectivity index (χ4n) is 0.792. The van der Waals surface area contributed by atoms with Crippen LogP contribution in [0.1, 0.15) is 13.8 Å². The second-order valence-corrected chi connectivity index (χ2v) is 3.78. The molecule has 0 unspecified atom stereocenters. The third kappa shape index (κ3) is 2.11. The van der Waals surface area contributed by atoms with Crippen LogP contribution in [0.15, 0.2) is 0 Å². The first-order valence-corrected chi connectivity index (χ1v) is 4.12. The van der Waals surface area contributed by atoms with Crippen molar-refractivity contribution < 1.29 is 4.79 Å². The quantitative estimate of drug-likeness (QED) is 0.665. The van der Waals surface area contributed by atoms with Gasteiger partial charge in [0.15, 0.2) is 0 Å². The average Bonchev–Trinajstić information content (AvgIpc) is 2.35. The van der Waals surface area contributed by atoms with Gasteiger partial charge in [0.05, 0.1) is 12.0 Å². The summed E-state index contributed by atoms with van der Waals surface area (Å²) in [4.78, 5) is 11.0. The number of tetrazole rings is 1. The summed E-state index contributed by atoms with van der Waals surface area (Å²) in [6.45, 7) is 3.82. The van der Waals surface area contributed by atoms with Crippen molar-refractivity contribution in [1.82, 2.24) is 20.2 Å². The number of aromatic nitrogens is 4. The number of H-pyrrole nitrogens is 1. The number of nitrogens with one attached hydrogen (secondary N) is 1. The Kier molecular flexibility index (Phi) is 2.46. The molecule has 1 heterocycles. The number of nitrogens with two attached hydrogens (primary N) is 1. The Morgan fingerprint density at radius 3 is 2.77 bits per heavy atom. The SMILES string of the molecule is CC(C)(Cn1[nH]nnc1=S)C(N)=O. The summed E-state index contributed by atoms with van der Waals surface area (Å²) >= 11 is 4.85. The smallest absolute Gasteiger partial charge is 0.238 e. The fourth-order valence-corrected chi connectivity index (χ4v) is 0.938. The highest BCUT2D eigenvalue weighted by molar-refractivity contribution is 7.71. The molecular weight excluding hydrogens is 190 g/mol. The Labute approximate surface area is 80.1 Å². The van der Waals surface area contributed by atoms with E-state index in [4.69, 9.17) is 18.0 Å². The summed E-state index contributed by atoms with van der Waals surface area (Å²) < 4.78 is 1.81. The van der Waals surface area contributed by atoms with Gasteiger partial charge < -0.3 is 5.73 Å². The van der Waals surface area contributed by atoms with Crippen molar-refractivity contribution in [3.8, 4) is 0 Å². The van der Waals surface area contributed by atoms with Crippen LogP contribution in [0.3, 0.4) is 0 Å². The van der Waals surface area contributed by atoms with E-state index in [0.29, 0.717) is 11.3 Å². The van der Waals surface area contributed by atoms with Gasteiger partial charge >= 0.3 is 0 Å². The molecular formula is C6H11N5OS. The molecule has 1 rings (SSSR count). The van der Waals surface area contributed by atoms with Gasteiger partial charge in [-0.1, -0.05) is 10.3 Å². The van der Waals surface area contributed by atoms with E-state index in [1.807, 2.05) is 0 Å². The summed E-state index contributed by atoms with van der Waals surface area (Å²) in [7, 11) is 0. The zero-order chi connectivity index (χ0) is 10.1. The van der Waals surface area contributed by atoms with Crippen molar-refractivity contribution in [1.29, 1.82) is 0 Å². The number of hydrogen-bond acceptors (Lipinski definition) is 4. The molecule has 0 spiro atoms. The largest absolute Gasteiger partial charge is 0.369 e. The fraction of sp³-hybridized carbons (Fsp3) is 0.667. The van der Waals surface area contributed by atoms with Crippen LogP contribution in [-0.4, -0.2) is 26.1 Å². The predicted molar refractivity (Wildman–Crippen MR) is 48.2 cm³/mol. The molecule has 0 aliphatic carbocycles. The summed E-state index contributed by atoms with van der Waals surface area (Å²) in [5, 5.41) is 9.64. The van der Waals surface area contributed by atoms with Crippen LogP contribution in [0.5, 0.6) is 0 Å². The molecule has 72 valence electrons. The third-order valence-electron chi connectivity index (χ3n) is 1.75. The van der Waals surface area contributed by atoms with Gasteiger partial charge in [-0.05, 0) is 26.1 Å². The van der Waals surface area contributed by atoms with Gasteiger partial charge in [-0.15, -0.1) is 0 Å². The maximum atomic E-state index is 11.0. The second-order valence-electron chi connectivity index (χ2n) is 3.42. The number of carbonyl (C=O) groups excluding carboxylic acids is 1. The molecule has 0 aromatic carbocycles. The highest BCUT2D eigenvalue weighted by atomic mass is 32.1. The Morgan fingerprint density at radius 1 is 1.77 bits per heavy atom. The molecule has 0 fully saturated rings. The van der Waals surface area contributed by atoms with E-state index in [1.54, 1.807) is 13.8 Å². The van der Waals surface area contributed by atoms with Gasteiger partial charge in [-0.3, -0.25) is 4.79 Å². The van der Waals surface area contributed by atoms with Crippen molar-refractivity contribution in [3.63, 3.8) is 0 Å². The van der Waals surface area contributed by atoms with Crippen molar-refractivity contribution in [3.05, 3.63) is 4.77 Å². The van der Waals surface area contributed by atoms with Gasteiger partial charge in [-0.2, -0.15) is 5.21 Å². The first-order valence-electron chi connectivity index (χ1n) is 3.71. The van der Waals surface area contributed by atoms with Crippen molar-refractivity contribution in [2.24, 2.45) is 11.1 Å². The molecule has 0 saturated heterocycles. The van der Waals surface area contributed by atoms with Gasteiger partial charge in [-0.25, -0.2) is 4.68 Å². The minimum Gasteiger partial charge on any atom is -0.369 e. The molecule has 0 aliphatic heterocycles. The molecule has 7 heteroatoms. The van der Waals surface area contributed by atoms with E-state index in [2.05, 4.69) is 15.5 Å². The minimum absolute atomic E-state index is 0.314. The lowest BCUT2D eigenvalue weighted by Gasteiger charge is -2.19. The van der Waals surface area contributed by atoms with E-state index in [1.165, 1.54) is 4.68 Å². The molecule has 6 nitrogen and oxygen atoms in total. The zero-order valence-electron chi connectivity index (χ0n) is 7.44. The molecule has 1 aromatic rings. The van der Waals surface area contributed by atoms with Crippen LogP contribution < -0.4 is 5.73 Å². The molecule has 0 atom stereocenters. The van der Waals surface area contributed by atoms with Crippen LogP contribution in [0.2, 0.25) is 0 Å². The van der Waals surface area contributed by atoms with Crippen LogP contribution in [0, 0.1) is 10.2 Å². The number of aromatic amines is 1. The van der Waals surface area contributed by atoms with Crippen molar-refractivity contribution >= 4 is 18.1 Å². The molecule has 0 bridgehead atoms. The number of rotatable bonds is 3. The van der Waals surface area contributed by atoms with Crippen LogP contribution >= 0.6 is 12.2 Å². The molecule has 0 radical (unpaired) electrons. The maximum Gasteiger partial charge on any atom is 0.238 e. The summed E-state index contributed by atoms with van der Waals surface area (Å²) in [6.07, 6.45) is 0. The standard InChI is InChI=1S/C6H11N5OS/c1-6(2,4(7)12)3-11-5(13)8-9-10-11/h3H2,1-2H3,(H2,7,12)(H,8,10,13). The number of amides is 1. The van der Waals surface area contributed by atoms with Gasteiger partial charge in [0.1, 0.15) is 0 Å². The van der Waals surface area contributed by atoms with Gasteiger partial charge in [0.2, 0.25) is 10.7 Å². The molecule has 3 N–H and O–H groups in total. The first-order chi connectivity index (χ1) is 5.93. The van der Waals surface area contributed by atoms with Crippen molar-refractivity contribution in [2.45, 2.75) is 20.4 Å². The van der Waals surface area contributed by atoms with Crippen LogP contribution in [0.25, 0.3) is 0 Å². The van der Waals surface area contributed by atoms with Crippen LogP contribution in [0.4, 0.5) is 0 Å². The molecule has 0 aliphatic rings. The van der Waals surface area contributed by atoms with Crippen molar-refractivity contribution in [2.75, 3.05) is 0 Å². The number of carbonyl (C=O) groups is 1. The predicted octanol–water partition coefficient (Wildman–Crippen LogP) is -0.153. The molecule has 1 aromatic heterocycles. The average molecular weight is 201 g/mol. The Bertz CT molecular complexity index is 365. The van der Waals surface area contributed by atoms with E-state index < -0.39 is 5.41 Å². The Balaban J connectivity index is 2.87. The third-order valence-corrected chi connectivity index (χ3v) is 2.05. The number of primary amides is 1. The zero-order valence-corrected chi connectivity index (χ0v) is 8.26. The normalized spacial score (nSPS) is 11.5. The lowest BCUT2D eigenvalue weighted by atomic mass is 9.93.